The number of hydrogen-bond acceptors (Lipinski definition) is 3. The average molecular weight is 178 g/mol. The molecule has 0 aliphatic carbocycles. The van der Waals surface area contributed by atoms with Crippen LogP contribution < -0.4 is 4.90 Å². The van der Waals surface area contributed by atoms with E-state index in [9.17, 15) is 5.11 Å². The van der Waals surface area contributed by atoms with Crippen molar-refractivity contribution in [2.24, 2.45) is 0 Å². The molecular weight excluding hydrogens is 164 g/mol. The molecule has 1 fully saturated rings. The lowest BCUT2D eigenvalue weighted by Crippen LogP contribution is -2.60. The molecule has 1 N–H and O–H groups in total. The lowest BCUT2D eigenvalue weighted by Gasteiger charge is -2.44. The number of rotatable bonds is 1. The summed E-state index contributed by atoms with van der Waals surface area (Å²) in [6.07, 6.45) is 1.85. The Morgan fingerprint density at radius 2 is 2.15 bits per heavy atom. The second kappa shape index (κ2) is 2.70. The van der Waals surface area contributed by atoms with Gasteiger partial charge in [0, 0.05) is 19.3 Å². The van der Waals surface area contributed by atoms with Crippen LogP contribution in [0.3, 0.4) is 0 Å². The number of nitrogens with zero attached hydrogens (tertiary/aromatic N) is 2. The fourth-order valence-electron chi connectivity index (χ4n) is 1.59. The van der Waals surface area contributed by atoms with Gasteiger partial charge in [0.25, 0.3) is 0 Å². The van der Waals surface area contributed by atoms with E-state index in [2.05, 4.69) is 9.88 Å². The summed E-state index contributed by atoms with van der Waals surface area (Å²) in [5.41, 5.74) is 0.642. The molecule has 70 valence electrons. The Balaban J connectivity index is 2.08. The Kier molecular flexibility index (Phi) is 1.77. The van der Waals surface area contributed by atoms with Crippen LogP contribution in [-0.4, -0.2) is 28.8 Å². The van der Waals surface area contributed by atoms with Crippen molar-refractivity contribution in [2.45, 2.75) is 19.4 Å². The number of anilines is 1. The molecule has 0 saturated carbocycles. The first-order chi connectivity index (χ1) is 6.07. The van der Waals surface area contributed by atoms with Gasteiger partial charge < -0.3 is 10.0 Å². The van der Waals surface area contributed by atoms with Gasteiger partial charge in [-0.1, -0.05) is 6.07 Å². The van der Waals surface area contributed by atoms with Crippen LogP contribution in [0.25, 0.3) is 0 Å². The van der Waals surface area contributed by atoms with Gasteiger partial charge in [0.1, 0.15) is 5.82 Å². The van der Waals surface area contributed by atoms with Crippen molar-refractivity contribution in [2.75, 3.05) is 18.0 Å². The third kappa shape index (κ3) is 1.65. The predicted octanol–water partition coefficient (Wildman–Crippen LogP) is 0.961. The molecule has 1 aliphatic heterocycles. The molecular formula is C10H14N2O. The van der Waals surface area contributed by atoms with Crippen molar-refractivity contribution in [1.29, 1.82) is 0 Å². The largest absolute Gasteiger partial charge is 0.386 e. The SMILES string of the molecule is Cc1ccc(N2CC(C)(O)C2)nc1. The Morgan fingerprint density at radius 3 is 2.62 bits per heavy atom. The molecule has 2 rings (SSSR count). The van der Waals surface area contributed by atoms with Gasteiger partial charge in [0.2, 0.25) is 0 Å². The van der Waals surface area contributed by atoms with Crippen LogP contribution in [0.2, 0.25) is 0 Å². The van der Waals surface area contributed by atoms with E-state index in [1.54, 1.807) is 0 Å². The van der Waals surface area contributed by atoms with E-state index in [0.717, 1.165) is 11.4 Å². The first kappa shape index (κ1) is 8.51. The zero-order chi connectivity index (χ0) is 9.47. The van der Waals surface area contributed by atoms with Gasteiger partial charge in [0.05, 0.1) is 5.60 Å². The Bertz CT molecular complexity index is 297. The van der Waals surface area contributed by atoms with E-state index in [1.165, 1.54) is 0 Å². The summed E-state index contributed by atoms with van der Waals surface area (Å²) in [5, 5.41) is 9.53. The standard InChI is InChI=1S/C10H14N2O/c1-8-3-4-9(11-5-8)12-6-10(2,13)7-12/h3-5,13H,6-7H2,1-2H3. The third-order valence-corrected chi connectivity index (χ3v) is 2.28. The molecule has 1 aromatic rings. The zero-order valence-corrected chi connectivity index (χ0v) is 7.99. The van der Waals surface area contributed by atoms with E-state index in [-0.39, 0.29) is 0 Å². The van der Waals surface area contributed by atoms with Crippen molar-refractivity contribution >= 4 is 5.82 Å². The zero-order valence-electron chi connectivity index (χ0n) is 7.99. The summed E-state index contributed by atoms with van der Waals surface area (Å²) in [6, 6.07) is 4.03. The van der Waals surface area contributed by atoms with E-state index < -0.39 is 5.60 Å². The van der Waals surface area contributed by atoms with Crippen LogP contribution in [0.1, 0.15) is 12.5 Å². The number of aliphatic hydroxyl groups is 1. The molecule has 0 bridgehead atoms. The molecule has 0 radical (unpaired) electrons. The molecule has 3 heteroatoms. The second-order valence-electron chi connectivity index (χ2n) is 4.05. The fourth-order valence-corrected chi connectivity index (χ4v) is 1.59. The molecule has 1 saturated heterocycles. The molecule has 0 aromatic carbocycles. The summed E-state index contributed by atoms with van der Waals surface area (Å²) in [7, 11) is 0. The topological polar surface area (TPSA) is 36.4 Å². The molecule has 0 atom stereocenters. The highest BCUT2D eigenvalue weighted by Crippen LogP contribution is 2.25. The maximum Gasteiger partial charge on any atom is 0.128 e. The average Bonchev–Trinajstić information content (AvgIpc) is 2.01. The van der Waals surface area contributed by atoms with Gasteiger partial charge in [-0.25, -0.2) is 4.98 Å². The quantitative estimate of drug-likeness (QED) is 0.696. The molecule has 13 heavy (non-hydrogen) atoms. The van der Waals surface area contributed by atoms with Crippen LogP contribution in [0.4, 0.5) is 5.82 Å². The highest BCUT2D eigenvalue weighted by molar-refractivity contribution is 5.43. The number of aryl methyl sites for hydroxylation is 1. The summed E-state index contributed by atoms with van der Waals surface area (Å²) >= 11 is 0. The summed E-state index contributed by atoms with van der Waals surface area (Å²) in [4.78, 5) is 6.35. The van der Waals surface area contributed by atoms with Gasteiger partial charge in [-0.3, -0.25) is 0 Å². The summed E-state index contributed by atoms with van der Waals surface area (Å²) in [6.45, 7) is 5.23. The number of hydrogen-bond donors (Lipinski definition) is 1. The van der Waals surface area contributed by atoms with E-state index in [4.69, 9.17) is 0 Å². The van der Waals surface area contributed by atoms with E-state index >= 15 is 0 Å². The van der Waals surface area contributed by atoms with Gasteiger partial charge in [-0.05, 0) is 25.5 Å². The first-order valence-corrected chi connectivity index (χ1v) is 4.47. The highest BCUT2D eigenvalue weighted by atomic mass is 16.3. The summed E-state index contributed by atoms with van der Waals surface area (Å²) in [5.74, 6) is 0.956. The van der Waals surface area contributed by atoms with E-state index in [0.29, 0.717) is 13.1 Å². The van der Waals surface area contributed by atoms with Crippen LogP contribution in [0.15, 0.2) is 18.3 Å². The summed E-state index contributed by atoms with van der Waals surface area (Å²) < 4.78 is 0. The molecule has 3 nitrogen and oxygen atoms in total. The van der Waals surface area contributed by atoms with Gasteiger partial charge >= 0.3 is 0 Å². The molecule has 1 aromatic heterocycles. The normalized spacial score (nSPS) is 19.8. The minimum absolute atomic E-state index is 0.521. The monoisotopic (exact) mass is 178 g/mol. The number of aromatic nitrogens is 1. The predicted molar refractivity (Wildman–Crippen MR) is 51.8 cm³/mol. The van der Waals surface area contributed by atoms with Crippen molar-refractivity contribution in [3.8, 4) is 0 Å². The lowest BCUT2D eigenvalue weighted by atomic mass is 9.97. The number of pyridine rings is 1. The van der Waals surface area contributed by atoms with Gasteiger partial charge in [0.15, 0.2) is 0 Å². The van der Waals surface area contributed by atoms with E-state index in [1.807, 2.05) is 32.2 Å². The maximum absolute atomic E-state index is 9.53. The Morgan fingerprint density at radius 1 is 1.46 bits per heavy atom. The maximum atomic E-state index is 9.53. The molecule has 0 amide bonds. The fraction of sp³-hybridized carbons (Fsp3) is 0.500. The highest BCUT2D eigenvalue weighted by Gasteiger charge is 2.36. The molecule has 0 unspecified atom stereocenters. The third-order valence-electron chi connectivity index (χ3n) is 2.28. The van der Waals surface area contributed by atoms with Crippen LogP contribution in [0.5, 0.6) is 0 Å². The van der Waals surface area contributed by atoms with Crippen LogP contribution >= 0.6 is 0 Å². The van der Waals surface area contributed by atoms with Crippen LogP contribution in [-0.2, 0) is 0 Å². The first-order valence-electron chi connectivity index (χ1n) is 4.47. The second-order valence-corrected chi connectivity index (χ2v) is 4.05. The minimum Gasteiger partial charge on any atom is -0.386 e. The van der Waals surface area contributed by atoms with Gasteiger partial charge in [-0.15, -0.1) is 0 Å². The Hall–Kier alpha value is -1.09. The molecule has 2 heterocycles. The molecule has 0 spiro atoms. The van der Waals surface area contributed by atoms with Crippen molar-refractivity contribution in [3.63, 3.8) is 0 Å². The van der Waals surface area contributed by atoms with Crippen LogP contribution in [0, 0.1) is 6.92 Å². The van der Waals surface area contributed by atoms with Crippen molar-refractivity contribution in [1.82, 2.24) is 4.98 Å². The van der Waals surface area contributed by atoms with Crippen molar-refractivity contribution < 1.29 is 5.11 Å². The lowest BCUT2D eigenvalue weighted by molar-refractivity contribution is 0.0305. The number of β-amino-alcohol motifs (C(OH)–C–C–N with tert-alkyl or cyclic N) is 1. The minimum atomic E-state index is -0.521. The molecule has 1 aliphatic rings. The van der Waals surface area contributed by atoms with Gasteiger partial charge in [-0.2, -0.15) is 0 Å². The van der Waals surface area contributed by atoms with Crippen molar-refractivity contribution in [3.05, 3.63) is 23.9 Å². The Labute approximate surface area is 78.0 Å². The smallest absolute Gasteiger partial charge is 0.128 e.